The highest BCUT2D eigenvalue weighted by Gasteiger charge is 2.12. The van der Waals surface area contributed by atoms with Crippen LogP contribution in [0.5, 0.6) is 0 Å². The summed E-state index contributed by atoms with van der Waals surface area (Å²) in [7, 11) is 0. The lowest BCUT2D eigenvalue weighted by Gasteiger charge is -2.20. The lowest BCUT2D eigenvalue weighted by Crippen LogP contribution is -2.39. The molecule has 0 unspecified atom stereocenters. The number of para-hydroxylation sites is 1. The Labute approximate surface area is 111 Å². The van der Waals surface area contributed by atoms with Crippen molar-refractivity contribution in [3.63, 3.8) is 0 Å². The second-order valence-electron chi connectivity index (χ2n) is 2.93. The summed E-state index contributed by atoms with van der Waals surface area (Å²) in [5.41, 5.74) is 6.00. The van der Waals surface area contributed by atoms with E-state index in [0.29, 0.717) is 5.69 Å². The molecule has 0 bridgehead atoms. The smallest absolute Gasteiger partial charge is 0.338 e. The van der Waals surface area contributed by atoms with Gasteiger partial charge in [-0.15, -0.1) is 24.8 Å². The molecule has 0 fully saturated rings. The average Bonchev–Trinajstić information content (AvgIpc) is 2.72. The molecule has 7 heteroatoms. The number of rotatable bonds is 2. The third-order valence-electron chi connectivity index (χ3n) is 1.93. The number of carbonyl (C=O) groups excluding carboxylic acids is 1. The van der Waals surface area contributed by atoms with Gasteiger partial charge in [-0.25, -0.2) is 14.5 Å². The van der Waals surface area contributed by atoms with Gasteiger partial charge in [-0.1, -0.05) is 18.2 Å². The van der Waals surface area contributed by atoms with Crippen molar-refractivity contribution in [1.29, 1.82) is 0 Å². The first-order valence-electron chi connectivity index (χ1n) is 4.42. The van der Waals surface area contributed by atoms with Crippen LogP contribution in [0, 0.1) is 0 Å². The largest absolute Gasteiger partial charge is 0.350 e. The number of imidazole rings is 1. The van der Waals surface area contributed by atoms with Crippen molar-refractivity contribution in [2.45, 2.75) is 0 Å². The van der Waals surface area contributed by atoms with Gasteiger partial charge in [0.05, 0.1) is 5.69 Å². The number of nitrogens with zero attached hydrogens (tertiary/aromatic N) is 3. The highest BCUT2D eigenvalue weighted by Crippen LogP contribution is 2.13. The van der Waals surface area contributed by atoms with Crippen molar-refractivity contribution < 1.29 is 4.79 Å². The fourth-order valence-electron chi connectivity index (χ4n) is 1.31. The van der Waals surface area contributed by atoms with E-state index in [1.807, 2.05) is 18.2 Å². The Morgan fingerprint density at radius 1 is 1.24 bits per heavy atom. The van der Waals surface area contributed by atoms with Crippen LogP contribution in [0.2, 0.25) is 0 Å². The minimum Gasteiger partial charge on any atom is -0.350 e. The molecule has 2 N–H and O–H groups in total. The molecule has 1 aromatic carbocycles. The molecular formula is C10H12Cl2N4O. The molecule has 1 aromatic heterocycles. The van der Waals surface area contributed by atoms with Crippen molar-refractivity contribution in [2.75, 3.05) is 5.01 Å². The van der Waals surface area contributed by atoms with Crippen LogP contribution in [-0.4, -0.2) is 15.7 Å². The molecule has 2 amide bonds. The molecule has 0 aliphatic carbocycles. The number of aromatic nitrogens is 2. The first-order valence-corrected chi connectivity index (χ1v) is 4.42. The van der Waals surface area contributed by atoms with Crippen LogP contribution in [0.4, 0.5) is 10.5 Å². The SMILES string of the molecule is Cl.Cl.NC(=O)N(c1ccccc1)n1ccnc1. The van der Waals surface area contributed by atoms with Crippen LogP contribution in [-0.2, 0) is 0 Å². The standard InChI is InChI=1S/C10H10N4O.2ClH/c11-10(15)14(13-7-6-12-8-13)9-4-2-1-3-5-9;;/h1-8H,(H2,11,15);2*1H. The number of primary amides is 1. The fraction of sp³-hybridized carbons (Fsp3) is 0. The number of halogens is 2. The van der Waals surface area contributed by atoms with Crippen LogP contribution in [0.3, 0.4) is 0 Å². The van der Waals surface area contributed by atoms with Gasteiger partial charge in [-0.05, 0) is 12.1 Å². The van der Waals surface area contributed by atoms with Gasteiger partial charge in [0, 0.05) is 12.4 Å². The third kappa shape index (κ3) is 3.37. The normalized spacial score (nSPS) is 8.71. The van der Waals surface area contributed by atoms with E-state index < -0.39 is 6.03 Å². The van der Waals surface area contributed by atoms with Gasteiger partial charge in [-0.3, -0.25) is 0 Å². The second kappa shape index (κ2) is 6.78. The van der Waals surface area contributed by atoms with E-state index in [4.69, 9.17) is 5.73 Å². The number of nitrogens with two attached hydrogens (primary N) is 1. The van der Waals surface area contributed by atoms with Crippen molar-refractivity contribution in [2.24, 2.45) is 5.73 Å². The number of hydrogen-bond acceptors (Lipinski definition) is 2. The zero-order valence-electron chi connectivity index (χ0n) is 8.76. The summed E-state index contributed by atoms with van der Waals surface area (Å²) in [5, 5.41) is 1.33. The molecule has 5 nitrogen and oxygen atoms in total. The maximum Gasteiger partial charge on any atom is 0.338 e. The van der Waals surface area contributed by atoms with Crippen LogP contribution >= 0.6 is 24.8 Å². The Bertz CT molecular complexity index is 447. The van der Waals surface area contributed by atoms with E-state index in [-0.39, 0.29) is 24.8 Å². The molecule has 1 heterocycles. The molecule has 0 aliphatic heterocycles. The molecule has 0 atom stereocenters. The van der Waals surface area contributed by atoms with E-state index in [2.05, 4.69) is 4.98 Å². The third-order valence-corrected chi connectivity index (χ3v) is 1.93. The van der Waals surface area contributed by atoms with Gasteiger partial charge in [0.15, 0.2) is 0 Å². The van der Waals surface area contributed by atoms with Crippen LogP contribution < -0.4 is 10.7 Å². The fourth-order valence-corrected chi connectivity index (χ4v) is 1.31. The van der Waals surface area contributed by atoms with Crippen molar-refractivity contribution in [1.82, 2.24) is 9.66 Å². The maximum atomic E-state index is 11.3. The summed E-state index contributed by atoms with van der Waals surface area (Å²) >= 11 is 0. The summed E-state index contributed by atoms with van der Waals surface area (Å²) in [5.74, 6) is 0. The van der Waals surface area contributed by atoms with Crippen LogP contribution in [0.1, 0.15) is 0 Å². The van der Waals surface area contributed by atoms with E-state index in [1.54, 1.807) is 24.5 Å². The molecule has 0 aliphatic rings. The van der Waals surface area contributed by atoms with Gasteiger partial charge in [0.25, 0.3) is 0 Å². The summed E-state index contributed by atoms with van der Waals surface area (Å²) in [6.07, 6.45) is 4.74. The first kappa shape index (κ1) is 15.3. The molecule has 92 valence electrons. The number of amides is 2. The van der Waals surface area contributed by atoms with Crippen LogP contribution in [0.25, 0.3) is 0 Å². The van der Waals surface area contributed by atoms with Gasteiger partial charge in [-0.2, -0.15) is 5.01 Å². The quantitative estimate of drug-likeness (QED) is 0.911. The molecule has 0 spiro atoms. The van der Waals surface area contributed by atoms with Crippen molar-refractivity contribution in [3.8, 4) is 0 Å². The van der Waals surface area contributed by atoms with E-state index >= 15 is 0 Å². The highest BCUT2D eigenvalue weighted by molar-refractivity contribution is 5.90. The lowest BCUT2D eigenvalue weighted by atomic mass is 10.3. The molecule has 0 radical (unpaired) electrons. The summed E-state index contributed by atoms with van der Waals surface area (Å²) < 4.78 is 1.53. The summed E-state index contributed by atoms with van der Waals surface area (Å²) in [4.78, 5) is 15.2. The summed E-state index contributed by atoms with van der Waals surface area (Å²) in [6, 6.07) is 8.58. The van der Waals surface area contributed by atoms with Crippen LogP contribution in [0.15, 0.2) is 49.1 Å². The average molecular weight is 275 g/mol. The minimum atomic E-state index is -0.556. The van der Waals surface area contributed by atoms with Crippen molar-refractivity contribution in [3.05, 3.63) is 49.1 Å². The Balaban J connectivity index is 0.00000128. The molecule has 2 aromatic rings. The topological polar surface area (TPSA) is 64.2 Å². The predicted molar refractivity (Wildman–Crippen MR) is 70.6 cm³/mol. The predicted octanol–water partition coefficient (Wildman–Crippen LogP) is 2.08. The molecule has 0 saturated carbocycles. The van der Waals surface area contributed by atoms with Gasteiger partial charge >= 0.3 is 6.03 Å². The van der Waals surface area contributed by atoms with Gasteiger partial charge in [0.2, 0.25) is 0 Å². The zero-order chi connectivity index (χ0) is 10.7. The molecule has 0 saturated heterocycles. The Kier molecular flexibility index (Phi) is 6.09. The molecule has 17 heavy (non-hydrogen) atoms. The van der Waals surface area contributed by atoms with E-state index in [1.165, 1.54) is 16.0 Å². The Hall–Kier alpha value is -1.72. The Morgan fingerprint density at radius 2 is 1.88 bits per heavy atom. The number of urea groups is 1. The molecule has 2 rings (SSSR count). The number of anilines is 1. The number of hydrogen-bond donors (Lipinski definition) is 1. The first-order chi connectivity index (χ1) is 7.29. The lowest BCUT2D eigenvalue weighted by molar-refractivity contribution is 0.252. The second-order valence-corrected chi connectivity index (χ2v) is 2.93. The number of benzene rings is 1. The van der Waals surface area contributed by atoms with E-state index in [9.17, 15) is 4.79 Å². The zero-order valence-corrected chi connectivity index (χ0v) is 10.4. The van der Waals surface area contributed by atoms with Gasteiger partial charge < -0.3 is 5.73 Å². The number of carbonyl (C=O) groups is 1. The maximum absolute atomic E-state index is 11.3. The van der Waals surface area contributed by atoms with Gasteiger partial charge in [0.1, 0.15) is 6.33 Å². The highest BCUT2D eigenvalue weighted by atomic mass is 35.5. The summed E-state index contributed by atoms with van der Waals surface area (Å²) in [6.45, 7) is 0. The molecular weight excluding hydrogens is 263 g/mol. The van der Waals surface area contributed by atoms with Crippen molar-refractivity contribution >= 4 is 36.5 Å². The monoisotopic (exact) mass is 274 g/mol. The Morgan fingerprint density at radius 3 is 2.35 bits per heavy atom. The minimum absolute atomic E-state index is 0. The van der Waals surface area contributed by atoms with E-state index in [0.717, 1.165) is 0 Å².